The largest absolute Gasteiger partial charge is 0.496 e. The summed E-state index contributed by atoms with van der Waals surface area (Å²) in [6, 6.07) is 6.13. The first-order valence-electron chi connectivity index (χ1n) is 4.34. The van der Waals surface area contributed by atoms with Crippen molar-refractivity contribution in [3.8, 4) is 11.8 Å². The number of halogens is 1. The van der Waals surface area contributed by atoms with Crippen molar-refractivity contribution in [1.29, 1.82) is 5.26 Å². The van der Waals surface area contributed by atoms with Gasteiger partial charge in [0.2, 0.25) is 0 Å². The maximum Gasteiger partial charge on any atom is 0.127 e. The summed E-state index contributed by atoms with van der Waals surface area (Å²) < 4.78 is 6.22. The Labute approximate surface area is 92.6 Å². The molecular formula is C11H12BrNO. The van der Waals surface area contributed by atoms with E-state index in [4.69, 9.17) is 10.00 Å². The predicted octanol–water partition coefficient (Wildman–Crippen LogP) is 3.39. The topological polar surface area (TPSA) is 33.0 Å². The molecule has 1 unspecified atom stereocenters. The molecule has 0 amide bonds. The van der Waals surface area contributed by atoms with Crippen LogP contribution in [0.1, 0.15) is 24.0 Å². The van der Waals surface area contributed by atoms with Gasteiger partial charge in [0, 0.05) is 10.0 Å². The Morgan fingerprint density at radius 3 is 2.64 bits per heavy atom. The number of nitrogens with zero attached hydrogens (tertiary/aromatic N) is 1. The zero-order chi connectivity index (χ0) is 10.7. The lowest BCUT2D eigenvalue weighted by molar-refractivity contribution is 0.405. The van der Waals surface area contributed by atoms with E-state index in [1.54, 1.807) is 7.11 Å². The second kappa shape index (κ2) is 4.47. The highest BCUT2D eigenvalue weighted by Crippen LogP contribution is 2.35. The lowest BCUT2D eigenvalue weighted by atomic mass is 9.99. The average Bonchev–Trinajstić information content (AvgIpc) is 2.19. The smallest absolute Gasteiger partial charge is 0.127 e. The summed E-state index contributed by atoms with van der Waals surface area (Å²) in [6.07, 6.45) is 0. The van der Waals surface area contributed by atoms with E-state index in [0.717, 1.165) is 21.3 Å². The van der Waals surface area contributed by atoms with E-state index >= 15 is 0 Å². The van der Waals surface area contributed by atoms with Gasteiger partial charge < -0.3 is 4.74 Å². The summed E-state index contributed by atoms with van der Waals surface area (Å²) in [4.78, 5) is 0. The van der Waals surface area contributed by atoms with Crippen LogP contribution in [-0.2, 0) is 0 Å². The van der Waals surface area contributed by atoms with Gasteiger partial charge in [-0.1, -0.05) is 22.0 Å². The van der Waals surface area contributed by atoms with Crippen molar-refractivity contribution in [1.82, 2.24) is 0 Å². The van der Waals surface area contributed by atoms with Crippen molar-refractivity contribution in [2.24, 2.45) is 0 Å². The third kappa shape index (κ3) is 1.91. The Morgan fingerprint density at radius 2 is 2.14 bits per heavy atom. The first-order valence-corrected chi connectivity index (χ1v) is 5.13. The fraction of sp³-hybridized carbons (Fsp3) is 0.364. The van der Waals surface area contributed by atoms with E-state index in [2.05, 4.69) is 22.0 Å². The normalized spacial score (nSPS) is 11.9. The molecule has 3 heteroatoms. The standard InChI is InChI=1S/C11H12BrNO/c1-7-4-5-9(12)10(8(2)6-13)11(7)14-3/h4-5,8H,1-3H3. The molecule has 0 saturated heterocycles. The number of ether oxygens (including phenoxy) is 1. The fourth-order valence-corrected chi connectivity index (χ4v) is 2.08. The molecule has 0 radical (unpaired) electrons. The molecule has 1 atom stereocenters. The van der Waals surface area contributed by atoms with Crippen molar-refractivity contribution in [2.45, 2.75) is 19.8 Å². The van der Waals surface area contributed by atoms with Crippen LogP contribution in [0, 0.1) is 18.3 Å². The molecule has 0 aliphatic carbocycles. The zero-order valence-corrected chi connectivity index (χ0v) is 10.1. The molecule has 0 aliphatic rings. The summed E-state index contributed by atoms with van der Waals surface area (Å²) in [7, 11) is 1.63. The Kier molecular flexibility index (Phi) is 3.54. The lowest BCUT2D eigenvalue weighted by Crippen LogP contribution is -1.99. The molecule has 1 aromatic rings. The van der Waals surface area contributed by atoms with Crippen LogP contribution < -0.4 is 4.74 Å². The minimum absolute atomic E-state index is 0.167. The molecule has 74 valence electrons. The van der Waals surface area contributed by atoms with Gasteiger partial charge in [0.15, 0.2) is 0 Å². The van der Waals surface area contributed by atoms with Crippen LogP contribution in [0.25, 0.3) is 0 Å². The molecular weight excluding hydrogens is 242 g/mol. The van der Waals surface area contributed by atoms with E-state index in [1.165, 1.54) is 0 Å². The van der Waals surface area contributed by atoms with E-state index in [0.29, 0.717) is 0 Å². The Hall–Kier alpha value is -1.01. The number of hydrogen-bond donors (Lipinski definition) is 0. The van der Waals surface area contributed by atoms with Gasteiger partial charge in [-0.3, -0.25) is 0 Å². The number of benzene rings is 1. The van der Waals surface area contributed by atoms with Gasteiger partial charge in [-0.15, -0.1) is 0 Å². The SMILES string of the molecule is COc1c(C)ccc(Br)c1C(C)C#N. The number of aryl methyl sites for hydroxylation is 1. The summed E-state index contributed by atoms with van der Waals surface area (Å²) in [5.74, 6) is 0.632. The first kappa shape index (κ1) is 11.1. The summed E-state index contributed by atoms with van der Waals surface area (Å²) >= 11 is 3.43. The summed E-state index contributed by atoms with van der Waals surface area (Å²) in [5.41, 5.74) is 1.97. The van der Waals surface area contributed by atoms with Gasteiger partial charge in [0.05, 0.1) is 19.1 Å². The van der Waals surface area contributed by atoms with Crippen molar-refractivity contribution in [3.63, 3.8) is 0 Å². The Bertz CT molecular complexity index is 382. The fourth-order valence-electron chi connectivity index (χ4n) is 1.42. The van der Waals surface area contributed by atoms with E-state index in [1.807, 2.05) is 26.0 Å². The molecule has 1 rings (SSSR count). The summed E-state index contributed by atoms with van der Waals surface area (Å²) in [5, 5.41) is 8.90. The van der Waals surface area contributed by atoms with Crippen molar-refractivity contribution in [3.05, 3.63) is 27.7 Å². The minimum Gasteiger partial charge on any atom is -0.496 e. The molecule has 0 fully saturated rings. The van der Waals surface area contributed by atoms with E-state index < -0.39 is 0 Å². The molecule has 0 aliphatic heterocycles. The molecule has 0 bridgehead atoms. The van der Waals surface area contributed by atoms with Crippen LogP contribution in [0.2, 0.25) is 0 Å². The molecule has 0 heterocycles. The van der Waals surface area contributed by atoms with Crippen LogP contribution >= 0.6 is 15.9 Å². The van der Waals surface area contributed by atoms with E-state index in [9.17, 15) is 0 Å². The van der Waals surface area contributed by atoms with Crippen LogP contribution in [0.15, 0.2) is 16.6 Å². The van der Waals surface area contributed by atoms with Crippen molar-refractivity contribution in [2.75, 3.05) is 7.11 Å². The second-order valence-electron chi connectivity index (χ2n) is 3.16. The van der Waals surface area contributed by atoms with Crippen molar-refractivity contribution < 1.29 is 4.74 Å². The number of methoxy groups -OCH3 is 1. The monoisotopic (exact) mass is 253 g/mol. The Morgan fingerprint density at radius 1 is 1.50 bits per heavy atom. The van der Waals surface area contributed by atoms with Gasteiger partial charge >= 0.3 is 0 Å². The number of nitriles is 1. The average molecular weight is 254 g/mol. The zero-order valence-electron chi connectivity index (χ0n) is 8.47. The van der Waals surface area contributed by atoms with Crippen LogP contribution in [0.5, 0.6) is 5.75 Å². The Balaban J connectivity index is 3.39. The first-order chi connectivity index (χ1) is 6.61. The quantitative estimate of drug-likeness (QED) is 0.810. The molecule has 0 N–H and O–H groups in total. The molecule has 1 aromatic carbocycles. The second-order valence-corrected chi connectivity index (χ2v) is 4.02. The van der Waals surface area contributed by atoms with Crippen LogP contribution in [-0.4, -0.2) is 7.11 Å². The van der Waals surface area contributed by atoms with Gasteiger partial charge in [-0.05, 0) is 25.5 Å². The highest BCUT2D eigenvalue weighted by atomic mass is 79.9. The molecule has 0 saturated carbocycles. The summed E-state index contributed by atoms with van der Waals surface area (Å²) in [6.45, 7) is 3.83. The molecule has 14 heavy (non-hydrogen) atoms. The van der Waals surface area contributed by atoms with Gasteiger partial charge in [0.1, 0.15) is 5.75 Å². The molecule has 0 aromatic heterocycles. The van der Waals surface area contributed by atoms with Gasteiger partial charge in [0.25, 0.3) is 0 Å². The number of rotatable bonds is 2. The maximum absolute atomic E-state index is 8.90. The van der Waals surface area contributed by atoms with E-state index in [-0.39, 0.29) is 5.92 Å². The van der Waals surface area contributed by atoms with Gasteiger partial charge in [-0.25, -0.2) is 0 Å². The van der Waals surface area contributed by atoms with Gasteiger partial charge in [-0.2, -0.15) is 5.26 Å². The van der Waals surface area contributed by atoms with Crippen molar-refractivity contribution >= 4 is 15.9 Å². The molecule has 0 spiro atoms. The number of hydrogen-bond acceptors (Lipinski definition) is 2. The minimum atomic E-state index is -0.167. The maximum atomic E-state index is 8.90. The molecule has 2 nitrogen and oxygen atoms in total. The third-order valence-electron chi connectivity index (χ3n) is 2.17. The lowest BCUT2D eigenvalue weighted by Gasteiger charge is -2.14. The highest BCUT2D eigenvalue weighted by molar-refractivity contribution is 9.10. The third-order valence-corrected chi connectivity index (χ3v) is 2.86. The van der Waals surface area contributed by atoms with Crippen LogP contribution in [0.3, 0.4) is 0 Å². The van der Waals surface area contributed by atoms with Crippen LogP contribution in [0.4, 0.5) is 0 Å². The predicted molar refractivity (Wildman–Crippen MR) is 59.5 cm³/mol. The highest BCUT2D eigenvalue weighted by Gasteiger charge is 2.16.